The maximum Gasteiger partial charge on any atom is 0.153 e. The van der Waals surface area contributed by atoms with E-state index in [9.17, 15) is 8.42 Å². The molecule has 0 aromatic heterocycles. The Kier molecular flexibility index (Phi) is 2.80. The molecule has 0 aliphatic carbocycles. The van der Waals surface area contributed by atoms with E-state index in [1.165, 1.54) is 0 Å². The smallest absolute Gasteiger partial charge is 0.153 e. The van der Waals surface area contributed by atoms with Crippen molar-refractivity contribution in [1.82, 2.24) is 0 Å². The first-order valence-electron chi connectivity index (χ1n) is 5.29. The van der Waals surface area contributed by atoms with E-state index in [1.54, 1.807) is 0 Å². The molecule has 2 rings (SSSR count). The Labute approximate surface area is 96.0 Å². The van der Waals surface area contributed by atoms with Gasteiger partial charge in [-0.3, -0.25) is 0 Å². The highest BCUT2D eigenvalue weighted by Crippen LogP contribution is 2.25. The van der Waals surface area contributed by atoms with Gasteiger partial charge in [-0.05, 0) is 24.6 Å². The number of anilines is 2. The van der Waals surface area contributed by atoms with Crippen molar-refractivity contribution >= 4 is 21.2 Å². The van der Waals surface area contributed by atoms with Crippen molar-refractivity contribution in [3.8, 4) is 0 Å². The molecule has 1 fully saturated rings. The van der Waals surface area contributed by atoms with Gasteiger partial charge in [0.1, 0.15) is 0 Å². The summed E-state index contributed by atoms with van der Waals surface area (Å²) < 4.78 is 22.6. The van der Waals surface area contributed by atoms with Gasteiger partial charge in [-0.1, -0.05) is 6.07 Å². The topological polar surface area (TPSA) is 63.4 Å². The van der Waals surface area contributed by atoms with Gasteiger partial charge in [-0.15, -0.1) is 0 Å². The highest BCUT2D eigenvalue weighted by atomic mass is 32.2. The molecule has 1 aliphatic rings. The molecule has 1 aliphatic heterocycles. The second-order valence-electron chi connectivity index (χ2n) is 4.20. The van der Waals surface area contributed by atoms with Crippen LogP contribution in [0.1, 0.15) is 5.56 Å². The number of sulfone groups is 1. The zero-order valence-corrected chi connectivity index (χ0v) is 10.1. The van der Waals surface area contributed by atoms with Crippen LogP contribution in [0.15, 0.2) is 18.2 Å². The lowest BCUT2D eigenvalue weighted by Crippen LogP contribution is -2.40. The van der Waals surface area contributed by atoms with Crippen molar-refractivity contribution in [2.24, 2.45) is 0 Å². The monoisotopic (exact) mass is 240 g/mol. The highest BCUT2D eigenvalue weighted by molar-refractivity contribution is 7.91. The van der Waals surface area contributed by atoms with Crippen LogP contribution < -0.4 is 10.6 Å². The normalized spacial score (nSPS) is 19.7. The van der Waals surface area contributed by atoms with Crippen molar-refractivity contribution in [3.63, 3.8) is 0 Å². The average molecular weight is 240 g/mol. The summed E-state index contributed by atoms with van der Waals surface area (Å²) in [4.78, 5) is 2.04. The summed E-state index contributed by atoms with van der Waals surface area (Å²) in [6, 6.07) is 5.87. The molecule has 0 bridgehead atoms. The first-order chi connectivity index (χ1) is 7.48. The van der Waals surface area contributed by atoms with Crippen LogP contribution in [-0.4, -0.2) is 33.0 Å². The molecule has 88 valence electrons. The number of hydrogen-bond acceptors (Lipinski definition) is 4. The van der Waals surface area contributed by atoms with Crippen molar-refractivity contribution < 1.29 is 8.42 Å². The Balaban J connectivity index is 2.20. The Bertz CT molecular complexity index is 483. The Morgan fingerprint density at radius 3 is 2.44 bits per heavy atom. The second-order valence-corrected chi connectivity index (χ2v) is 6.50. The van der Waals surface area contributed by atoms with Gasteiger partial charge in [0.25, 0.3) is 0 Å². The fourth-order valence-corrected chi connectivity index (χ4v) is 3.12. The Hall–Kier alpha value is -1.23. The third kappa shape index (κ3) is 2.29. The molecule has 1 aromatic rings. The van der Waals surface area contributed by atoms with Gasteiger partial charge in [0.05, 0.1) is 22.9 Å². The first kappa shape index (κ1) is 11.3. The average Bonchev–Trinajstić information content (AvgIpc) is 2.19. The van der Waals surface area contributed by atoms with Gasteiger partial charge < -0.3 is 10.6 Å². The third-order valence-electron chi connectivity index (χ3n) is 2.87. The molecule has 16 heavy (non-hydrogen) atoms. The number of rotatable bonds is 1. The van der Waals surface area contributed by atoms with Gasteiger partial charge in [0.15, 0.2) is 9.84 Å². The summed E-state index contributed by atoms with van der Waals surface area (Å²) in [6.07, 6.45) is 0. The minimum Gasteiger partial charge on any atom is -0.397 e. The predicted octanol–water partition coefficient (Wildman–Crippen LogP) is 0.812. The van der Waals surface area contributed by atoms with Crippen molar-refractivity contribution in [3.05, 3.63) is 23.8 Å². The van der Waals surface area contributed by atoms with Gasteiger partial charge in [0, 0.05) is 13.1 Å². The number of nitrogens with two attached hydrogens (primary N) is 1. The fourth-order valence-electron chi connectivity index (χ4n) is 1.92. The number of nitrogen functional groups attached to an aromatic ring is 1. The van der Waals surface area contributed by atoms with E-state index in [0.717, 1.165) is 16.9 Å². The van der Waals surface area contributed by atoms with Crippen LogP contribution in [0.2, 0.25) is 0 Å². The summed E-state index contributed by atoms with van der Waals surface area (Å²) in [7, 11) is -2.83. The maximum atomic E-state index is 11.3. The number of benzene rings is 1. The van der Waals surface area contributed by atoms with Crippen LogP contribution in [0.4, 0.5) is 11.4 Å². The van der Waals surface area contributed by atoms with Crippen LogP contribution in [-0.2, 0) is 9.84 Å². The molecule has 5 heteroatoms. The highest BCUT2D eigenvalue weighted by Gasteiger charge is 2.22. The van der Waals surface area contributed by atoms with E-state index in [2.05, 4.69) is 0 Å². The van der Waals surface area contributed by atoms with Crippen molar-refractivity contribution in [2.75, 3.05) is 35.2 Å². The number of nitrogens with zero attached hydrogens (tertiary/aromatic N) is 1. The summed E-state index contributed by atoms with van der Waals surface area (Å²) in [6.45, 7) is 3.06. The van der Waals surface area contributed by atoms with Crippen LogP contribution >= 0.6 is 0 Å². The number of aryl methyl sites for hydroxylation is 1. The van der Waals surface area contributed by atoms with E-state index < -0.39 is 9.84 Å². The van der Waals surface area contributed by atoms with Crippen LogP contribution in [0.25, 0.3) is 0 Å². The van der Waals surface area contributed by atoms with Crippen LogP contribution in [0.3, 0.4) is 0 Å². The molecule has 0 spiro atoms. The van der Waals surface area contributed by atoms with Gasteiger partial charge >= 0.3 is 0 Å². The minimum absolute atomic E-state index is 0.223. The lowest BCUT2D eigenvalue weighted by molar-refractivity contribution is 0.587. The summed E-state index contributed by atoms with van der Waals surface area (Å²) in [5.74, 6) is 0.445. The third-order valence-corrected chi connectivity index (χ3v) is 4.48. The maximum absolute atomic E-state index is 11.3. The minimum atomic E-state index is -2.83. The molecular formula is C11H16N2O2S. The summed E-state index contributed by atoms with van der Waals surface area (Å²) in [5.41, 5.74) is 8.71. The quantitative estimate of drug-likeness (QED) is 0.738. The molecule has 1 aromatic carbocycles. The molecule has 0 saturated carbocycles. The lowest BCUT2D eigenvalue weighted by Gasteiger charge is -2.29. The van der Waals surface area contributed by atoms with Crippen molar-refractivity contribution in [1.29, 1.82) is 0 Å². The van der Waals surface area contributed by atoms with E-state index in [1.807, 2.05) is 30.0 Å². The summed E-state index contributed by atoms with van der Waals surface area (Å²) >= 11 is 0. The van der Waals surface area contributed by atoms with Gasteiger partial charge in [-0.2, -0.15) is 0 Å². The van der Waals surface area contributed by atoms with E-state index in [4.69, 9.17) is 5.73 Å². The largest absolute Gasteiger partial charge is 0.397 e. The van der Waals surface area contributed by atoms with Gasteiger partial charge in [0.2, 0.25) is 0 Å². The molecule has 1 heterocycles. The molecule has 4 nitrogen and oxygen atoms in total. The molecule has 2 N–H and O–H groups in total. The number of hydrogen-bond donors (Lipinski definition) is 1. The van der Waals surface area contributed by atoms with Crippen LogP contribution in [0, 0.1) is 6.92 Å². The molecular weight excluding hydrogens is 224 g/mol. The van der Waals surface area contributed by atoms with Gasteiger partial charge in [-0.25, -0.2) is 8.42 Å². The summed E-state index contributed by atoms with van der Waals surface area (Å²) in [5, 5.41) is 0. The first-order valence-corrected chi connectivity index (χ1v) is 7.11. The fraction of sp³-hybridized carbons (Fsp3) is 0.455. The Morgan fingerprint density at radius 2 is 1.88 bits per heavy atom. The Morgan fingerprint density at radius 1 is 1.25 bits per heavy atom. The molecule has 0 unspecified atom stereocenters. The zero-order valence-electron chi connectivity index (χ0n) is 9.31. The second kappa shape index (κ2) is 3.97. The molecule has 0 amide bonds. The van der Waals surface area contributed by atoms with E-state index in [-0.39, 0.29) is 11.5 Å². The molecule has 0 radical (unpaired) electrons. The van der Waals surface area contributed by atoms with Crippen molar-refractivity contribution in [2.45, 2.75) is 6.92 Å². The molecule has 0 atom stereocenters. The standard InChI is InChI=1S/C11H16N2O2S/c1-9-2-3-11(10(12)8-9)13-4-6-16(14,15)7-5-13/h2-3,8H,4-7,12H2,1H3. The molecule has 1 saturated heterocycles. The van der Waals surface area contributed by atoms with E-state index in [0.29, 0.717) is 13.1 Å². The SMILES string of the molecule is Cc1ccc(N2CCS(=O)(=O)CC2)c(N)c1. The lowest BCUT2D eigenvalue weighted by atomic mass is 10.2. The zero-order chi connectivity index (χ0) is 11.8. The predicted molar refractivity (Wildman–Crippen MR) is 66.5 cm³/mol. The van der Waals surface area contributed by atoms with Crippen LogP contribution in [0.5, 0.6) is 0 Å². The van der Waals surface area contributed by atoms with E-state index >= 15 is 0 Å².